The summed E-state index contributed by atoms with van der Waals surface area (Å²) in [4.78, 5) is 0. The van der Waals surface area contributed by atoms with Gasteiger partial charge in [-0.05, 0) is 61.2 Å². The van der Waals surface area contributed by atoms with Gasteiger partial charge in [0.05, 0.1) is 0 Å². The Labute approximate surface area is 142 Å². The van der Waals surface area contributed by atoms with E-state index in [1.54, 1.807) is 0 Å². The first-order chi connectivity index (χ1) is 10.1. The van der Waals surface area contributed by atoms with Gasteiger partial charge >= 0.3 is 0 Å². The van der Waals surface area contributed by atoms with E-state index in [0.29, 0.717) is 0 Å². The minimum absolute atomic E-state index is 0.721. The summed E-state index contributed by atoms with van der Waals surface area (Å²) in [6.07, 6.45) is 2.61. The standard InChI is InChI=1S/C17H17Br2NO/c1-11-8-13(18)3-7-17(11)21-15-6-2-12(16(19)9-15)10-20-14-4-5-14/h2-3,6-9,14,20H,4-5,10H2,1H3. The van der Waals surface area contributed by atoms with E-state index in [1.165, 1.54) is 18.4 Å². The molecule has 0 atom stereocenters. The average molecular weight is 411 g/mol. The minimum atomic E-state index is 0.721. The molecule has 0 amide bonds. The van der Waals surface area contributed by atoms with Crippen LogP contribution >= 0.6 is 31.9 Å². The van der Waals surface area contributed by atoms with Crippen LogP contribution in [-0.2, 0) is 6.54 Å². The zero-order valence-electron chi connectivity index (χ0n) is 11.8. The molecule has 1 saturated carbocycles. The number of hydrogen-bond donors (Lipinski definition) is 1. The molecule has 3 rings (SSSR count). The second-order valence-corrected chi connectivity index (χ2v) is 7.19. The van der Waals surface area contributed by atoms with Crippen LogP contribution in [0.4, 0.5) is 0 Å². The molecule has 2 aromatic rings. The Hall–Kier alpha value is -0.840. The van der Waals surface area contributed by atoms with Gasteiger partial charge < -0.3 is 10.1 Å². The van der Waals surface area contributed by atoms with Gasteiger partial charge in [0, 0.05) is 21.5 Å². The van der Waals surface area contributed by atoms with Crippen molar-refractivity contribution in [3.8, 4) is 11.5 Å². The first kappa shape index (κ1) is 15.1. The minimum Gasteiger partial charge on any atom is -0.457 e. The van der Waals surface area contributed by atoms with Crippen LogP contribution in [0.2, 0.25) is 0 Å². The van der Waals surface area contributed by atoms with Gasteiger partial charge in [-0.25, -0.2) is 0 Å². The van der Waals surface area contributed by atoms with Crippen molar-refractivity contribution in [2.24, 2.45) is 0 Å². The fourth-order valence-electron chi connectivity index (χ4n) is 2.13. The highest BCUT2D eigenvalue weighted by molar-refractivity contribution is 9.10. The molecule has 2 nitrogen and oxygen atoms in total. The molecule has 0 unspecified atom stereocenters. The summed E-state index contributed by atoms with van der Waals surface area (Å²) in [5, 5.41) is 3.52. The van der Waals surface area contributed by atoms with E-state index < -0.39 is 0 Å². The number of halogens is 2. The lowest BCUT2D eigenvalue weighted by atomic mass is 10.2. The van der Waals surface area contributed by atoms with Gasteiger partial charge in [0.15, 0.2) is 0 Å². The Morgan fingerprint density at radius 3 is 2.62 bits per heavy atom. The Bertz CT molecular complexity index is 653. The van der Waals surface area contributed by atoms with Crippen LogP contribution in [0.5, 0.6) is 11.5 Å². The lowest BCUT2D eigenvalue weighted by molar-refractivity contribution is 0.478. The SMILES string of the molecule is Cc1cc(Br)ccc1Oc1ccc(CNC2CC2)c(Br)c1. The molecule has 0 spiro atoms. The summed E-state index contributed by atoms with van der Waals surface area (Å²) in [5.41, 5.74) is 2.38. The molecule has 4 heteroatoms. The lowest BCUT2D eigenvalue weighted by Gasteiger charge is -2.11. The Morgan fingerprint density at radius 2 is 1.95 bits per heavy atom. The predicted molar refractivity (Wildman–Crippen MR) is 93.0 cm³/mol. The van der Waals surface area contributed by atoms with Crippen LogP contribution in [0, 0.1) is 6.92 Å². The molecule has 0 saturated heterocycles. The predicted octanol–water partition coefficient (Wildman–Crippen LogP) is 5.56. The maximum atomic E-state index is 5.97. The van der Waals surface area contributed by atoms with E-state index in [0.717, 1.165) is 38.6 Å². The van der Waals surface area contributed by atoms with Crippen molar-refractivity contribution in [1.82, 2.24) is 5.32 Å². The van der Waals surface area contributed by atoms with Crippen molar-refractivity contribution >= 4 is 31.9 Å². The van der Waals surface area contributed by atoms with Crippen molar-refractivity contribution in [1.29, 1.82) is 0 Å². The molecule has 1 N–H and O–H groups in total. The van der Waals surface area contributed by atoms with Gasteiger partial charge in [0.2, 0.25) is 0 Å². The second kappa shape index (κ2) is 6.51. The summed E-state index contributed by atoms with van der Waals surface area (Å²) in [5.74, 6) is 1.73. The molecule has 2 aromatic carbocycles. The first-order valence-corrected chi connectivity index (χ1v) is 8.66. The molecule has 1 aliphatic rings. The average Bonchev–Trinajstić information content (AvgIpc) is 3.25. The third-order valence-corrected chi connectivity index (χ3v) is 4.78. The van der Waals surface area contributed by atoms with Crippen LogP contribution in [-0.4, -0.2) is 6.04 Å². The summed E-state index contributed by atoms with van der Waals surface area (Å²) < 4.78 is 8.12. The zero-order chi connectivity index (χ0) is 14.8. The van der Waals surface area contributed by atoms with E-state index in [2.05, 4.69) is 49.3 Å². The molecule has 0 heterocycles. The van der Waals surface area contributed by atoms with Crippen LogP contribution in [0.15, 0.2) is 45.3 Å². The molecule has 1 aliphatic carbocycles. The topological polar surface area (TPSA) is 21.3 Å². The first-order valence-electron chi connectivity index (χ1n) is 7.07. The third kappa shape index (κ3) is 4.09. The molecule has 1 fully saturated rings. The van der Waals surface area contributed by atoms with Crippen molar-refractivity contribution in [2.45, 2.75) is 32.4 Å². The van der Waals surface area contributed by atoms with E-state index in [-0.39, 0.29) is 0 Å². The van der Waals surface area contributed by atoms with Gasteiger partial charge in [-0.2, -0.15) is 0 Å². The maximum absolute atomic E-state index is 5.97. The van der Waals surface area contributed by atoms with Crippen molar-refractivity contribution in [2.75, 3.05) is 0 Å². The van der Waals surface area contributed by atoms with Gasteiger partial charge in [0.25, 0.3) is 0 Å². The quantitative estimate of drug-likeness (QED) is 0.696. The maximum Gasteiger partial charge on any atom is 0.130 e. The van der Waals surface area contributed by atoms with Crippen LogP contribution in [0.3, 0.4) is 0 Å². The van der Waals surface area contributed by atoms with E-state index in [4.69, 9.17) is 4.74 Å². The highest BCUT2D eigenvalue weighted by Crippen LogP contribution is 2.30. The van der Waals surface area contributed by atoms with Crippen molar-refractivity contribution < 1.29 is 4.74 Å². The molecular weight excluding hydrogens is 394 g/mol. The number of benzene rings is 2. The Kier molecular flexibility index (Phi) is 4.67. The van der Waals surface area contributed by atoms with Crippen LogP contribution in [0.1, 0.15) is 24.0 Å². The Balaban J connectivity index is 1.71. The summed E-state index contributed by atoms with van der Waals surface area (Å²) in [6, 6.07) is 12.9. The molecule has 21 heavy (non-hydrogen) atoms. The smallest absolute Gasteiger partial charge is 0.130 e. The largest absolute Gasteiger partial charge is 0.457 e. The van der Waals surface area contributed by atoms with Gasteiger partial charge in [0.1, 0.15) is 11.5 Å². The molecular formula is C17H17Br2NO. The fraction of sp³-hybridized carbons (Fsp3) is 0.294. The van der Waals surface area contributed by atoms with Gasteiger partial charge in [-0.3, -0.25) is 0 Å². The zero-order valence-corrected chi connectivity index (χ0v) is 15.0. The number of hydrogen-bond acceptors (Lipinski definition) is 2. The van der Waals surface area contributed by atoms with Crippen LogP contribution in [0.25, 0.3) is 0 Å². The molecule has 110 valence electrons. The lowest BCUT2D eigenvalue weighted by Crippen LogP contribution is -2.15. The number of ether oxygens (including phenoxy) is 1. The normalized spacial score (nSPS) is 14.2. The van der Waals surface area contributed by atoms with Gasteiger partial charge in [-0.1, -0.05) is 37.9 Å². The van der Waals surface area contributed by atoms with E-state index >= 15 is 0 Å². The van der Waals surface area contributed by atoms with E-state index in [9.17, 15) is 0 Å². The fourth-order valence-corrected chi connectivity index (χ4v) is 3.10. The Morgan fingerprint density at radius 1 is 1.14 bits per heavy atom. The third-order valence-electron chi connectivity index (χ3n) is 3.55. The van der Waals surface area contributed by atoms with Gasteiger partial charge in [-0.15, -0.1) is 0 Å². The van der Waals surface area contributed by atoms with E-state index in [1.807, 2.05) is 31.2 Å². The van der Waals surface area contributed by atoms with Crippen molar-refractivity contribution in [3.05, 3.63) is 56.5 Å². The monoisotopic (exact) mass is 409 g/mol. The van der Waals surface area contributed by atoms with Crippen LogP contribution < -0.4 is 10.1 Å². The summed E-state index contributed by atoms with van der Waals surface area (Å²) in [6.45, 7) is 2.95. The summed E-state index contributed by atoms with van der Waals surface area (Å²) >= 11 is 7.10. The molecule has 0 bridgehead atoms. The second-order valence-electron chi connectivity index (χ2n) is 5.42. The number of rotatable bonds is 5. The number of nitrogens with one attached hydrogen (secondary N) is 1. The summed E-state index contributed by atoms with van der Waals surface area (Å²) in [7, 11) is 0. The highest BCUT2D eigenvalue weighted by Gasteiger charge is 2.20. The molecule has 0 aliphatic heterocycles. The number of aryl methyl sites for hydroxylation is 1. The molecule has 0 aromatic heterocycles. The van der Waals surface area contributed by atoms with Crippen molar-refractivity contribution in [3.63, 3.8) is 0 Å². The highest BCUT2D eigenvalue weighted by atomic mass is 79.9. The molecule has 0 radical (unpaired) electrons.